The average Bonchev–Trinajstić information content (AvgIpc) is 2.67. The van der Waals surface area contributed by atoms with Crippen LogP contribution in [0.3, 0.4) is 0 Å². The van der Waals surface area contributed by atoms with Crippen molar-refractivity contribution >= 4 is 5.91 Å². The van der Waals surface area contributed by atoms with Crippen LogP contribution in [0.5, 0.6) is 11.5 Å². The zero-order valence-electron chi connectivity index (χ0n) is 15.7. The number of rotatable bonds is 10. The van der Waals surface area contributed by atoms with Crippen LogP contribution in [0.2, 0.25) is 0 Å². The monoisotopic (exact) mass is 356 g/mol. The van der Waals surface area contributed by atoms with Gasteiger partial charge in [0.2, 0.25) is 0 Å². The van der Waals surface area contributed by atoms with Crippen molar-refractivity contribution in [2.75, 3.05) is 26.8 Å². The van der Waals surface area contributed by atoms with Crippen molar-refractivity contribution in [2.24, 2.45) is 0 Å². The van der Waals surface area contributed by atoms with E-state index in [4.69, 9.17) is 9.47 Å². The molecule has 0 bridgehead atoms. The van der Waals surface area contributed by atoms with Crippen molar-refractivity contribution in [3.63, 3.8) is 0 Å². The highest BCUT2D eigenvalue weighted by atomic mass is 16.5. The van der Waals surface area contributed by atoms with E-state index >= 15 is 0 Å². The molecule has 2 rings (SSSR count). The standard InChI is InChI=1S/C21H28N2O3/c1-4-23-21(24)15-26-19-11-10-17(12-20(19)25-3)14-22-13-16(2)18-8-6-5-7-9-18/h5-12,16,22H,4,13-15H2,1-3H3,(H,23,24). The second kappa shape index (κ2) is 10.5. The smallest absolute Gasteiger partial charge is 0.257 e. The van der Waals surface area contributed by atoms with E-state index in [1.54, 1.807) is 7.11 Å². The van der Waals surface area contributed by atoms with E-state index in [2.05, 4.69) is 41.8 Å². The summed E-state index contributed by atoms with van der Waals surface area (Å²) in [6.45, 7) is 6.29. The first-order valence-corrected chi connectivity index (χ1v) is 8.96. The van der Waals surface area contributed by atoms with Crippen molar-refractivity contribution in [3.8, 4) is 11.5 Å². The molecule has 5 heteroatoms. The number of carbonyl (C=O) groups is 1. The number of hydrogen-bond donors (Lipinski definition) is 2. The highest BCUT2D eigenvalue weighted by Gasteiger charge is 2.09. The molecule has 0 aromatic heterocycles. The predicted octanol–water partition coefficient (Wildman–Crippen LogP) is 3.10. The fraction of sp³-hybridized carbons (Fsp3) is 0.381. The molecule has 2 aromatic carbocycles. The highest BCUT2D eigenvalue weighted by Crippen LogP contribution is 2.28. The third kappa shape index (κ3) is 6.08. The van der Waals surface area contributed by atoms with Crippen LogP contribution >= 0.6 is 0 Å². The molecule has 0 saturated carbocycles. The number of ether oxygens (including phenoxy) is 2. The molecule has 26 heavy (non-hydrogen) atoms. The Kier molecular flexibility index (Phi) is 7.96. The number of carbonyl (C=O) groups excluding carboxylic acids is 1. The largest absolute Gasteiger partial charge is 0.493 e. The van der Waals surface area contributed by atoms with Crippen molar-refractivity contribution in [1.82, 2.24) is 10.6 Å². The number of likely N-dealkylation sites (N-methyl/N-ethyl adjacent to an activating group) is 1. The quantitative estimate of drug-likeness (QED) is 0.687. The topological polar surface area (TPSA) is 59.6 Å². The van der Waals surface area contributed by atoms with E-state index in [0.717, 1.165) is 18.7 Å². The maximum atomic E-state index is 11.5. The molecule has 0 fully saturated rings. The molecule has 0 radical (unpaired) electrons. The molecular weight excluding hydrogens is 328 g/mol. The molecule has 140 valence electrons. The lowest BCUT2D eigenvalue weighted by Gasteiger charge is -2.15. The van der Waals surface area contributed by atoms with Crippen LogP contribution in [0.1, 0.15) is 30.9 Å². The third-order valence-corrected chi connectivity index (χ3v) is 4.11. The first-order chi connectivity index (χ1) is 12.6. The van der Waals surface area contributed by atoms with E-state index in [-0.39, 0.29) is 12.5 Å². The predicted molar refractivity (Wildman–Crippen MR) is 104 cm³/mol. The van der Waals surface area contributed by atoms with Crippen molar-refractivity contribution in [1.29, 1.82) is 0 Å². The summed E-state index contributed by atoms with van der Waals surface area (Å²) in [5.74, 6) is 1.50. The molecule has 2 N–H and O–H groups in total. The highest BCUT2D eigenvalue weighted by molar-refractivity contribution is 5.77. The Balaban J connectivity index is 1.87. The van der Waals surface area contributed by atoms with E-state index in [0.29, 0.717) is 24.0 Å². The van der Waals surface area contributed by atoms with Crippen LogP contribution in [0.25, 0.3) is 0 Å². The Morgan fingerprint density at radius 3 is 2.58 bits per heavy atom. The van der Waals surface area contributed by atoms with Gasteiger partial charge in [-0.3, -0.25) is 4.79 Å². The van der Waals surface area contributed by atoms with Crippen LogP contribution in [0, 0.1) is 0 Å². The van der Waals surface area contributed by atoms with Gasteiger partial charge in [-0.25, -0.2) is 0 Å². The van der Waals surface area contributed by atoms with Gasteiger partial charge in [0, 0.05) is 19.6 Å². The second-order valence-corrected chi connectivity index (χ2v) is 6.17. The minimum Gasteiger partial charge on any atom is -0.493 e. The van der Waals surface area contributed by atoms with Gasteiger partial charge in [0.05, 0.1) is 7.11 Å². The first-order valence-electron chi connectivity index (χ1n) is 8.96. The van der Waals surface area contributed by atoms with Crippen molar-refractivity contribution in [2.45, 2.75) is 26.3 Å². The SMILES string of the molecule is CCNC(=O)COc1ccc(CNCC(C)c2ccccc2)cc1OC. The summed E-state index contributed by atoms with van der Waals surface area (Å²) >= 11 is 0. The molecular formula is C21H28N2O3. The van der Waals surface area contributed by atoms with Gasteiger partial charge in [-0.2, -0.15) is 0 Å². The number of nitrogens with one attached hydrogen (secondary N) is 2. The number of methoxy groups -OCH3 is 1. The zero-order chi connectivity index (χ0) is 18.8. The summed E-state index contributed by atoms with van der Waals surface area (Å²) in [4.78, 5) is 11.5. The van der Waals surface area contributed by atoms with E-state index in [9.17, 15) is 4.79 Å². The number of amides is 1. The summed E-state index contributed by atoms with van der Waals surface area (Å²) in [5, 5.41) is 6.18. The Morgan fingerprint density at radius 2 is 1.88 bits per heavy atom. The van der Waals surface area contributed by atoms with Crippen LogP contribution in [0.15, 0.2) is 48.5 Å². The lowest BCUT2D eigenvalue weighted by Crippen LogP contribution is -2.28. The van der Waals surface area contributed by atoms with Crippen LogP contribution in [0.4, 0.5) is 0 Å². The van der Waals surface area contributed by atoms with Crippen molar-refractivity contribution in [3.05, 3.63) is 59.7 Å². The van der Waals surface area contributed by atoms with Crippen molar-refractivity contribution < 1.29 is 14.3 Å². The molecule has 0 spiro atoms. The molecule has 1 atom stereocenters. The van der Waals surface area contributed by atoms with E-state index in [1.807, 2.05) is 31.2 Å². The maximum absolute atomic E-state index is 11.5. The van der Waals surface area contributed by atoms with Crippen LogP contribution in [-0.4, -0.2) is 32.7 Å². The van der Waals surface area contributed by atoms with Gasteiger partial charge in [0.15, 0.2) is 18.1 Å². The average molecular weight is 356 g/mol. The second-order valence-electron chi connectivity index (χ2n) is 6.17. The van der Waals surface area contributed by atoms with Crippen LogP contribution in [-0.2, 0) is 11.3 Å². The summed E-state index contributed by atoms with van der Waals surface area (Å²) in [6, 6.07) is 16.2. The Hall–Kier alpha value is -2.53. The molecule has 2 aromatic rings. The van der Waals surface area contributed by atoms with Gasteiger partial charge in [-0.1, -0.05) is 43.3 Å². The van der Waals surface area contributed by atoms with Gasteiger partial charge in [-0.15, -0.1) is 0 Å². The third-order valence-electron chi connectivity index (χ3n) is 4.11. The number of benzene rings is 2. The minimum atomic E-state index is -0.143. The zero-order valence-corrected chi connectivity index (χ0v) is 15.7. The Labute approximate surface area is 155 Å². The molecule has 1 amide bonds. The molecule has 0 aliphatic carbocycles. The lowest BCUT2D eigenvalue weighted by atomic mass is 10.0. The Bertz CT molecular complexity index is 689. The van der Waals surface area contributed by atoms with Crippen LogP contribution < -0.4 is 20.1 Å². The van der Waals surface area contributed by atoms with Gasteiger partial charge in [-0.05, 0) is 36.1 Å². The fourth-order valence-electron chi connectivity index (χ4n) is 2.67. The Morgan fingerprint density at radius 1 is 1.12 bits per heavy atom. The minimum absolute atomic E-state index is 0.0175. The summed E-state index contributed by atoms with van der Waals surface area (Å²) < 4.78 is 10.9. The molecule has 1 unspecified atom stereocenters. The van der Waals surface area contributed by atoms with Gasteiger partial charge in [0.1, 0.15) is 0 Å². The molecule has 0 aliphatic rings. The summed E-state index contributed by atoms with van der Waals surface area (Å²) in [6.07, 6.45) is 0. The summed E-state index contributed by atoms with van der Waals surface area (Å²) in [5.41, 5.74) is 2.43. The molecule has 0 heterocycles. The van der Waals surface area contributed by atoms with Gasteiger partial charge in [0.25, 0.3) is 5.91 Å². The summed E-state index contributed by atoms with van der Waals surface area (Å²) in [7, 11) is 1.60. The fourth-order valence-corrected chi connectivity index (χ4v) is 2.67. The van der Waals surface area contributed by atoms with Gasteiger partial charge < -0.3 is 20.1 Å². The maximum Gasteiger partial charge on any atom is 0.257 e. The van der Waals surface area contributed by atoms with Gasteiger partial charge >= 0.3 is 0 Å². The lowest BCUT2D eigenvalue weighted by molar-refractivity contribution is -0.123. The normalized spacial score (nSPS) is 11.7. The first kappa shape index (κ1) is 19.8. The molecule has 5 nitrogen and oxygen atoms in total. The number of hydrogen-bond acceptors (Lipinski definition) is 4. The molecule has 0 saturated heterocycles. The molecule has 0 aliphatic heterocycles. The van der Waals surface area contributed by atoms with E-state index in [1.165, 1.54) is 5.56 Å². The van der Waals surface area contributed by atoms with E-state index < -0.39 is 0 Å².